The molecule has 1 amide bonds. The van der Waals surface area contributed by atoms with Gasteiger partial charge in [-0.25, -0.2) is 0 Å². The predicted molar refractivity (Wildman–Crippen MR) is 74.6 cm³/mol. The Hall–Kier alpha value is -0.280. The van der Waals surface area contributed by atoms with Crippen LogP contribution in [0.1, 0.15) is 40.0 Å². The molecule has 0 aliphatic carbocycles. The van der Waals surface area contributed by atoms with Gasteiger partial charge < -0.3 is 10.2 Å². The highest BCUT2D eigenvalue weighted by atomic mass is 35.5. The number of nitrogens with zero attached hydrogens (tertiary/aromatic N) is 1. The molecule has 0 aromatic rings. The molecule has 1 fully saturated rings. The van der Waals surface area contributed by atoms with Gasteiger partial charge in [0, 0.05) is 18.5 Å². The summed E-state index contributed by atoms with van der Waals surface area (Å²) in [5, 5.41) is 3.22. The maximum absolute atomic E-state index is 12.2. The van der Waals surface area contributed by atoms with Crippen molar-refractivity contribution in [3.8, 4) is 0 Å². The van der Waals surface area contributed by atoms with Gasteiger partial charge >= 0.3 is 0 Å². The molecule has 0 aromatic heterocycles. The fourth-order valence-electron chi connectivity index (χ4n) is 2.21. The Morgan fingerprint density at radius 3 is 2.29 bits per heavy atom. The van der Waals surface area contributed by atoms with Crippen molar-refractivity contribution in [3.63, 3.8) is 0 Å². The zero-order chi connectivity index (χ0) is 12.2. The SMILES string of the molecule is CCC(C)(C)C(=O)N1CCC(CNC)CC1.Cl. The molecule has 0 atom stereocenters. The summed E-state index contributed by atoms with van der Waals surface area (Å²) in [4.78, 5) is 14.3. The minimum Gasteiger partial charge on any atom is -0.342 e. The molecule has 102 valence electrons. The van der Waals surface area contributed by atoms with Crippen LogP contribution in [-0.4, -0.2) is 37.5 Å². The summed E-state index contributed by atoms with van der Waals surface area (Å²) >= 11 is 0. The standard InChI is InChI=1S/C13H26N2O.ClH/c1-5-13(2,3)12(16)15-8-6-11(7-9-15)10-14-4;/h11,14H,5-10H2,1-4H3;1H. The largest absolute Gasteiger partial charge is 0.342 e. The van der Waals surface area contributed by atoms with Gasteiger partial charge in [0.15, 0.2) is 0 Å². The van der Waals surface area contributed by atoms with Gasteiger partial charge in [0.2, 0.25) is 5.91 Å². The molecule has 17 heavy (non-hydrogen) atoms. The van der Waals surface area contributed by atoms with Gasteiger partial charge in [0.05, 0.1) is 0 Å². The molecule has 1 N–H and O–H groups in total. The lowest BCUT2D eigenvalue weighted by molar-refractivity contribution is -0.142. The smallest absolute Gasteiger partial charge is 0.228 e. The van der Waals surface area contributed by atoms with Crippen LogP contribution in [0.5, 0.6) is 0 Å². The van der Waals surface area contributed by atoms with Crippen molar-refractivity contribution in [1.29, 1.82) is 0 Å². The van der Waals surface area contributed by atoms with Gasteiger partial charge in [-0.2, -0.15) is 0 Å². The number of hydrogen-bond acceptors (Lipinski definition) is 2. The van der Waals surface area contributed by atoms with Crippen LogP contribution in [0.2, 0.25) is 0 Å². The van der Waals surface area contributed by atoms with Crippen LogP contribution in [0.25, 0.3) is 0 Å². The number of nitrogens with one attached hydrogen (secondary N) is 1. The number of carbonyl (C=O) groups is 1. The van der Waals surface area contributed by atoms with E-state index in [4.69, 9.17) is 0 Å². The highest BCUT2D eigenvalue weighted by molar-refractivity contribution is 5.85. The molecule has 1 rings (SSSR count). The quantitative estimate of drug-likeness (QED) is 0.843. The van der Waals surface area contributed by atoms with E-state index in [1.165, 1.54) is 0 Å². The van der Waals surface area contributed by atoms with Gasteiger partial charge in [-0.15, -0.1) is 12.4 Å². The third kappa shape index (κ3) is 4.47. The van der Waals surface area contributed by atoms with Gasteiger partial charge in [0.1, 0.15) is 0 Å². The molecule has 0 saturated carbocycles. The summed E-state index contributed by atoms with van der Waals surface area (Å²) in [7, 11) is 2.00. The van der Waals surface area contributed by atoms with Crippen molar-refractivity contribution in [2.45, 2.75) is 40.0 Å². The van der Waals surface area contributed by atoms with Crippen molar-refractivity contribution < 1.29 is 4.79 Å². The zero-order valence-corrected chi connectivity index (χ0v) is 12.4. The van der Waals surface area contributed by atoms with Crippen molar-refractivity contribution in [2.24, 2.45) is 11.3 Å². The van der Waals surface area contributed by atoms with Gasteiger partial charge in [-0.05, 0) is 38.8 Å². The molecule has 4 heteroatoms. The highest BCUT2D eigenvalue weighted by Gasteiger charge is 2.32. The monoisotopic (exact) mass is 262 g/mol. The van der Waals surface area contributed by atoms with Gasteiger partial charge in [0.25, 0.3) is 0 Å². The van der Waals surface area contributed by atoms with E-state index < -0.39 is 0 Å². The van der Waals surface area contributed by atoms with E-state index >= 15 is 0 Å². The normalized spacial score (nSPS) is 17.8. The van der Waals surface area contributed by atoms with Gasteiger partial charge in [-0.1, -0.05) is 20.8 Å². The second kappa shape index (κ2) is 7.22. The van der Waals surface area contributed by atoms with Gasteiger partial charge in [-0.3, -0.25) is 4.79 Å². The number of halogens is 1. The summed E-state index contributed by atoms with van der Waals surface area (Å²) in [6, 6.07) is 0. The van der Waals surface area contributed by atoms with Crippen molar-refractivity contribution in [2.75, 3.05) is 26.7 Å². The second-order valence-electron chi connectivity index (χ2n) is 5.53. The predicted octanol–water partition coefficient (Wildman–Crippen LogP) is 2.30. The maximum atomic E-state index is 12.2. The number of carbonyl (C=O) groups excluding carboxylic acids is 1. The molecule has 1 heterocycles. The molecule has 0 bridgehead atoms. The summed E-state index contributed by atoms with van der Waals surface area (Å²) < 4.78 is 0. The Morgan fingerprint density at radius 2 is 1.88 bits per heavy atom. The Bertz CT molecular complexity index is 236. The lowest BCUT2D eigenvalue weighted by atomic mass is 9.87. The van der Waals surface area contributed by atoms with Crippen LogP contribution in [0.15, 0.2) is 0 Å². The first-order chi connectivity index (χ1) is 7.51. The van der Waals surface area contributed by atoms with E-state index in [0.29, 0.717) is 5.91 Å². The van der Waals surface area contributed by atoms with Crippen LogP contribution < -0.4 is 5.32 Å². The Kier molecular flexibility index (Phi) is 7.10. The maximum Gasteiger partial charge on any atom is 0.228 e. The van der Waals surface area contributed by atoms with E-state index in [2.05, 4.69) is 31.0 Å². The Labute approximate surface area is 112 Å². The lowest BCUT2D eigenvalue weighted by Gasteiger charge is -2.36. The lowest BCUT2D eigenvalue weighted by Crippen LogP contribution is -2.45. The molecule has 3 nitrogen and oxygen atoms in total. The van der Waals surface area contributed by atoms with Crippen molar-refractivity contribution >= 4 is 18.3 Å². The average molecular weight is 263 g/mol. The number of likely N-dealkylation sites (tertiary alicyclic amines) is 1. The third-order valence-electron chi connectivity index (χ3n) is 3.86. The number of piperidine rings is 1. The Morgan fingerprint density at radius 1 is 1.35 bits per heavy atom. The molecule has 0 unspecified atom stereocenters. The molecule has 0 radical (unpaired) electrons. The van der Waals surface area contributed by atoms with E-state index in [0.717, 1.165) is 44.8 Å². The van der Waals surface area contributed by atoms with Crippen LogP contribution in [0.4, 0.5) is 0 Å². The summed E-state index contributed by atoms with van der Waals surface area (Å²) in [5.41, 5.74) is -0.185. The second-order valence-corrected chi connectivity index (χ2v) is 5.53. The minimum atomic E-state index is -0.185. The molecule has 1 aliphatic heterocycles. The minimum absolute atomic E-state index is 0. The Balaban J connectivity index is 0.00000256. The van der Waals surface area contributed by atoms with E-state index in [9.17, 15) is 4.79 Å². The zero-order valence-electron chi connectivity index (χ0n) is 11.6. The average Bonchev–Trinajstić information content (AvgIpc) is 2.29. The van der Waals surface area contributed by atoms with E-state index in [1.807, 2.05) is 7.05 Å². The summed E-state index contributed by atoms with van der Waals surface area (Å²) in [5.74, 6) is 1.08. The number of amides is 1. The van der Waals surface area contributed by atoms with Crippen LogP contribution in [0.3, 0.4) is 0 Å². The van der Waals surface area contributed by atoms with Crippen molar-refractivity contribution in [1.82, 2.24) is 10.2 Å². The molecule has 1 aliphatic rings. The first-order valence-electron chi connectivity index (χ1n) is 6.45. The topological polar surface area (TPSA) is 32.3 Å². The fraction of sp³-hybridized carbons (Fsp3) is 0.923. The third-order valence-corrected chi connectivity index (χ3v) is 3.86. The number of rotatable bonds is 4. The first kappa shape index (κ1) is 16.7. The van der Waals surface area contributed by atoms with Crippen LogP contribution in [-0.2, 0) is 4.79 Å². The van der Waals surface area contributed by atoms with Crippen LogP contribution >= 0.6 is 12.4 Å². The molecular weight excluding hydrogens is 236 g/mol. The molecule has 0 aromatic carbocycles. The summed E-state index contributed by atoms with van der Waals surface area (Å²) in [6.07, 6.45) is 3.21. The molecular formula is C13H27ClN2O. The molecule has 1 saturated heterocycles. The fourth-order valence-corrected chi connectivity index (χ4v) is 2.21. The van der Waals surface area contributed by atoms with Crippen molar-refractivity contribution in [3.05, 3.63) is 0 Å². The molecule has 0 spiro atoms. The highest BCUT2D eigenvalue weighted by Crippen LogP contribution is 2.26. The van der Waals surface area contributed by atoms with E-state index in [-0.39, 0.29) is 17.8 Å². The van der Waals surface area contributed by atoms with E-state index in [1.54, 1.807) is 0 Å². The summed E-state index contributed by atoms with van der Waals surface area (Å²) in [6.45, 7) is 9.15. The van der Waals surface area contributed by atoms with Crippen LogP contribution in [0, 0.1) is 11.3 Å². The first-order valence-corrected chi connectivity index (χ1v) is 6.45. The number of hydrogen-bond donors (Lipinski definition) is 1.